The number of anilines is 2. The van der Waals surface area contributed by atoms with Crippen LogP contribution in [0.3, 0.4) is 0 Å². The first-order valence-electron chi connectivity index (χ1n) is 20.0. The van der Waals surface area contributed by atoms with Crippen LogP contribution in [0.1, 0.15) is 154 Å². The summed E-state index contributed by atoms with van der Waals surface area (Å²) in [6.07, 6.45) is 9.44. The Kier molecular flexibility index (Phi) is 12.4. The summed E-state index contributed by atoms with van der Waals surface area (Å²) in [6, 6.07) is 0.959. The van der Waals surface area contributed by atoms with Crippen molar-refractivity contribution < 1.29 is 4.74 Å². The molecule has 3 fully saturated rings. The standard InChI is InChI=1S/C41H78N8O/c1-36(2,3)33-42-34(47-23-25-50-26-24-47)44-35(43-33)48(31-27-38(7,8)45(15)39(9,10)28-31)21-19-17-18-20-22-49(37(4,5)6)32-29-40(11,12)46(16)41(13,14)30-32/h31-32H,17-30H2,1-16H3. The molecule has 0 N–H and O–H groups in total. The molecular formula is C41H78N8O. The largest absolute Gasteiger partial charge is 0.378 e. The molecule has 1 aromatic heterocycles. The molecule has 0 atom stereocenters. The molecule has 0 saturated carbocycles. The average Bonchev–Trinajstić information content (AvgIpc) is 2.98. The number of nitrogens with zero attached hydrogens (tertiary/aromatic N) is 8. The van der Waals surface area contributed by atoms with E-state index in [-0.39, 0.29) is 33.1 Å². The highest BCUT2D eigenvalue weighted by molar-refractivity contribution is 5.42. The van der Waals surface area contributed by atoms with Crippen LogP contribution < -0.4 is 9.80 Å². The van der Waals surface area contributed by atoms with E-state index < -0.39 is 0 Å². The molecule has 9 heteroatoms. The SMILES string of the molecule is CN1C(C)(C)CC(N(CCCCCCN(C2CC(C)(C)N(C)C(C)(C)C2)C(C)(C)C)c2nc(N3CCOCC3)nc(C(C)(C)C)n2)CC1(C)C. The zero-order valence-corrected chi connectivity index (χ0v) is 35.5. The van der Waals surface area contributed by atoms with Gasteiger partial charge >= 0.3 is 0 Å². The van der Waals surface area contributed by atoms with E-state index in [2.05, 4.69) is 136 Å². The molecule has 3 aliphatic heterocycles. The molecule has 4 rings (SSSR count). The molecule has 4 heterocycles. The Morgan fingerprint density at radius 2 is 1.10 bits per heavy atom. The van der Waals surface area contributed by atoms with Gasteiger partial charge in [-0.05, 0) is 135 Å². The van der Waals surface area contributed by atoms with Gasteiger partial charge in [0.25, 0.3) is 0 Å². The first kappa shape index (κ1) is 41.2. The van der Waals surface area contributed by atoms with Crippen LogP contribution in [0.15, 0.2) is 0 Å². The van der Waals surface area contributed by atoms with Crippen molar-refractivity contribution in [2.24, 2.45) is 0 Å². The van der Waals surface area contributed by atoms with E-state index in [0.29, 0.717) is 25.3 Å². The highest BCUT2D eigenvalue weighted by atomic mass is 16.5. The topological polar surface area (TPSA) is 64.1 Å². The van der Waals surface area contributed by atoms with Crippen LogP contribution in [-0.4, -0.2) is 123 Å². The number of likely N-dealkylation sites (tertiary alicyclic amines) is 2. The molecule has 3 aliphatic rings. The normalized spacial score (nSPS) is 23.8. The Morgan fingerprint density at radius 1 is 0.640 bits per heavy atom. The molecule has 288 valence electrons. The summed E-state index contributed by atoms with van der Waals surface area (Å²) in [4.78, 5) is 28.5. The molecule has 0 amide bonds. The van der Waals surface area contributed by atoms with Gasteiger partial charge in [0.15, 0.2) is 0 Å². The average molecular weight is 699 g/mol. The van der Waals surface area contributed by atoms with Crippen LogP contribution >= 0.6 is 0 Å². The van der Waals surface area contributed by atoms with Crippen molar-refractivity contribution in [1.82, 2.24) is 29.7 Å². The predicted octanol–water partition coefficient (Wildman–Crippen LogP) is 7.78. The Bertz CT molecular complexity index is 1220. The van der Waals surface area contributed by atoms with Gasteiger partial charge in [0.1, 0.15) is 5.82 Å². The van der Waals surface area contributed by atoms with E-state index in [4.69, 9.17) is 19.7 Å². The van der Waals surface area contributed by atoms with Crippen molar-refractivity contribution in [3.63, 3.8) is 0 Å². The fraction of sp³-hybridized carbons (Fsp3) is 0.927. The molecule has 0 spiro atoms. The number of ether oxygens (including phenoxy) is 1. The third kappa shape index (κ3) is 9.70. The van der Waals surface area contributed by atoms with Crippen molar-refractivity contribution in [3.05, 3.63) is 5.82 Å². The molecule has 0 aliphatic carbocycles. The second-order valence-electron chi connectivity index (χ2n) is 20.6. The number of hydrogen-bond donors (Lipinski definition) is 0. The second-order valence-corrected chi connectivity index (χ2v) is 20.6. The third-order valence-electron chi connectivity index (χ3n) is 12.7. The number of hydrogen-bond acceptors (Lipinski definition) is 9. The zero-order chi connectivity index (χ0) is 37.5. The Balaban J connectivity index is 1.52. The first-order valence-corrected chi connectivity index (χ1v) is 20.0. The van der Waals surface area contributed by atoms with Gasteiger partial charge in [0.2, 0.25) is 11.9 Å². The van der Waals surface area contributed by atoms with Crippen molar-refractivity contribution in [2.75, 3.05) is 63.3 Å². The number of morpholine rings is 1. The van der Waals surface area contributed by atoms with Crippen molar-refractivity contribution >= 4 is 11.9 Å². The Hall–Kier alpha value is -1.55. The van der Waals surface area contributed by atoms with Crippen molar-refractivity contribution in [2.45, 2.75) is 193 Å². The number of rotatable bonds is 11. The lowest BCUT2D eigenvalue weighted by Gasteiger charge is -2.57. The number of aromatic nitrogens is 3. The Labute approximate surface area is 308 Å². The summed E-state index contributed by atoms with van der Waals surface area (Å²) in [5.74, 6) is 2.55. The molecule has 1 aromatic rings. The Morgan fingerprint density at radius 3 is 1.56 bits per heavy atom. The van der Waals surface area contributed by atoms with E-state index in [0.717, 1.165) is 63.2 Å². The maximum absolute atomic E-state index is 5.69. The van der Waals surface area contributed by atoms with E-state index >= 15 is 0 Å². The minimum atomic E-state index is -0.174. The van der Waals surface area contributed by atoms with Crippen molar-refractivity contribution in [1.29, 1.82) is 0 Å². The summed E-state index contributed by atoms with van der Waals surface area (Å²) in [5, 5.41) is 0. The van der Waals surface area contributed by atoms with Crippen LogP contribution in [-0.2, 0) is 10.2 Å². The molecule has 0 aromatic carbocycles. The van der Waals surface area contributed by atoms with Gasteiger partial charge < -0.3 is 14.5 Å². The van der Waals surface area contributed by atoms with Crippen LogP contribution in [0.25, 0.3) is 0 Å². The fourth-order valence-corrected chi connectivity index (χ4v) is 9.23. The van der Waals surface area contributed by atoms with Gasteiger partial charge in [-0.15, -0.1) is 0 Å². The third-order valence-corrected chi connectivity index (χ3v) is 12.7. The quantitative estimate of drug-likeness (QED) is 0.216. The van der Waals surface area contributed by atoms with E-state index in [9.17, 15) is 0 Å². The van der Waals surface area contributed by atoms with E-state index in [1.54, 1.807) is 0 Å². The predicted molar refractivity (Wildman–Crippen MR) is 212 cm³/mol. The number of piperidine rings is 2. The summed E-state index contributed by atoms with van der Waals surface area (Å²) in [6.45, 7) is 38.4. The van der Waals surface area contributed by atoms with Crippen LogP contribution in [0.2, 0.25) is 0 Å². The van der Waals surface area contributed by atoms with Crippen molar-refractivity contribution in [3.8, 4) is 0 Å². The molecule has 50 heavy (non-hydrogen) atoms. The lowest BCUT2D eigenvalue weighted by atomic mass is 9.76. The molecule has 0 unspecified atom stereocenters. The monoisotopic (exact) mass is 699 g/mol. The van der Waals surface area contributed by atoms with Crippen LogP contribution in [0, 0.1) is 0 Å². The maximum atomic E-state index is 5.69. The van der Waals surface area contributed by atoms with Gasteiger partial charge in [-0.1, -0.05) is 33.6 Å². The van der Waals surface area contributed by atoms with Crippen LogP contribution in [0.4, 0.5) is 11.9 Å². The molecule has 0 bridgehead atoms. The highest BCUT2D eigenvalue weighted by Crippen LogP contribution is 2.42. The number of unbranched alkanes of at least 4 members (excludes halogenated alkanes) is 3. The smallest absolute Gasteiger partial charge is 0.230 e. The van der Waals surface area contributed by atoms with Gasteiger partial charge in [-0.25, -0.2) is 0 Å². The molecular weight excluding hydrogens is 621 g/mol. The maximum Gasteiger partial charge on any atom is 0.230 e. The van der Waals surface area contributed by atoms with Gasteiger partial charge in [0, 0.05) is 64.8 Å². The summed E-state index contributed by atoms with van der Waals surface area (Å²) in [5.41, 5.74) is 0.516. The van der Waals surface area contributed by atoms with E-state index in [1.165, 1.54) is 32.1 Å². The van der Waals surface area contributed by atoms with E-state index in [1.807, 2.05) is 0 Å². The zero-order valence-electron chi connectivity index (χ0n) is 35.5. The lowest BCUT2D eigenvalue weighted by molar-refractivity contribution is -0.0673. The molecule has 9 nitrogen and oxygen atoms in total. The minimum absolute atomic E-state index is 0.0745. The highest BCUT2D eigenvalue weighted by Gasteiger charge is 2.47. The summed E-state index contributed by atoms with van der Waals surface area (Å²) in [7, 11) is 4.62. The van der Waals surface area contributed by atoms with Gasteiger partial charge in [0.05, 0.1) is 13.2 Å². The molecule has 3 saturated heterocycles. The first-order chi connectivity index (χ1) is 22.8. The van der Waals surface area contributed by atoms with Gasteiger partial charge in [-0.3, -0.25) is 14.7 Å². The molecule has 0 radical (unpaired) electrons. The fourth-order valence-electron chi connectivity index (χ4n) is 9.23. The minimum Gasteiger partial charge on any atom is -0.378 e. The second kappa shape index (κ2) is 15.1. The lowest BCUT2D eigenvalue weighted by Crippen LogP contribution is -2.64. The van der Waals surface area contributed by atoms with Gasteiger partial charge in [-0.2, -0.15) is 15.0 Å². The summed E-state index contributed by atoms with van der Waals surface area (Å²) >= 11 is 0. The van der Waals surface area contributed by atoms with Crippen LogP contribution in [0.5, 0.6) is 0 Å². The summed E-state index contributed by atoms with van der Waals surface area (Å²) < 4.78 is 5.69.